The van der Waals surface area contributed by atoms with Crippen LogP contribution in [0.5, 0.6) is 5.75 Å². The van der Waals surface area contributed by atoms with Gasteiger partial charge in [-0.2, -0.15) is 5.10 Å². The number of methoxy groups -OCH3 is 1. The number of hydrogen-bond acceptors (Lipinski definition) is 3. The van der Waals surface area contributed by atoms with E-state index in [2.05, 4.69) is 43.1 Å². The van der Waals surface area contributed by atoms with Crippen LogP contribution in [-0.4, -0.2) is 23.9 Å². The molecule has 1 aromatic heterocycles. The lowest BCUT2D eigenvalue weighted by Crippen LogP contribution is -2.11. The summed E-state index contributed by atoms with van der Waals surface area (Å²) in [6.45, 7) is 7.20. The molecule has 1 aromatic carbocycles. The summed E-state index contributed by atoms with van der Waals surface area (Å²) in [5.74, 6) is 0.837. The first kappa shape index (κ1) is 14.6. The van der Waals surface area contributed by atoms with Gasteiger partial charge < -0.3 is 10.5 Å². The molecule has 4 heteroatoms. The van der Waals surface area contributed by atoms with Gasteiger partial charge in [0.15, 0.2) is 0 Å². The maximum Gasteiger partial charge on any atom is 0.128 e. The Morgan fingerprint density at radius 3 is 2.60 bits per heavy atom. The van der Waals surface area contributed by atoms with Crippen molar-refractivity contribution >= 4 is 0 Å². The molecule has 0 radical (unpaired) electrons. The van der Waals surface area contributed by atoms with E-state index in [0.29, 0.717) is 6.54 Å². The number of H-pyrrole nitrogens is 1. The Kier molecular flexibility index (Phi) is 4.14. The molecule has 2 aromatic rings. The van der Waals surface area contributed by atoms with E-state index in [-0.39, 0.29) is 5.41 Å². The Balaban J connectivity index is 2.46. The molecule has 0 unspecified atom stereocenters. The third kappa shape index (κ3) is 3.02. The second-order valence-corrected chi connectivity index (χ2v) is 5.98. The highest BCUT2D eigenvalue weighted by Crippen LogP contribution is 2.34. The van der Waals surface area contributed by atoms with Crippen molar-refractivity contribution in [2.75, 3.05) is 13.7 Å². The van der Waals surface area contributed by atoms with Crippen LogP contribution in [0.3, 0.4) is 0 Å². The Labute approximate surface area is 120 Å². The Bertz CT molecular complexity index is 582. The van der Waals surface area contributed by atoms with Crippen molar-refractivity contribution in [3.8, 4) is 17.0 Å². The molecule has 0 saturated heterocycles. The van der Waals surface area contributed by atoms with Gasteiger partial charge >= 0.3 is 0 Å². The Hall–Kier alpha value is -1.81. The Morgan fingerprint density at radius 1 is 1.25 bits per heavy atom. The predicted octanol–water partition coefficient (Wildman–Crippen LogP) is 2.88. The van der Waals surface area contributed by atoms with Crippen molar-refractivity contribution in [3.63, 3.8) is 0 Å². The highest BCUT2D eigenvalue weighted by molar-refractivity contribution is 5.68. The monoisotopic (exact) mass is 273 g/mol. The molecular formula is C16H23N3O. The minimum absolute atomic E-state index is 0.0947. The molecule has 0 bridgehead atoms. The normalized spacial score (nSPS) is 11.7. The first-order valence-electron chi connectivity index (χ1n) is 6.89. The fourth-order valence-electron chi connectivity index (χ4n) is 2.16. The number of aromatic nitrogens is 2. The van der Waals surface area contributed by atoms with Crippen LogP contribution in [-0.2, 0) is 11.8 Å². The molecule has 4 nitrogen and oxygen atoms in total. The van der Waals surface area contributed by atoms with Crippen molar-refractivity contribution in [1.29, 1.82) is 0 Å². The zero-order chi connectivity index (χ0) is 14.8. The molecule has 20 heavy (non-hydrogen) atoms. The van der Waals surface area contributed by atoms with Crippen molar-refractivity contribution < 1.29 is 4.74 Å². The lowest BCUT2D eigenvalue weighted by Gasteiger charge is -2.20. The van der Waals surface area contributed by atoms with E-state index in [0.717, 1.165) is 29.1 Å². The molecule has 0 fully saturated rings. The van der Waals surface area contributed by atoms with Gasteiger partial charge in [-0.3, -0.25) is 5.10 Å². The van der Waals surface area contributed by atoms with Gasteiger partial charge in [-0.25, -0.2) is 0 Å². The van der Waals surface area contributed by atoms with Crippen LogP contribution in [0.1, 0.15) is 32.0 Å². The van der Waals surface area contributed by atoms with Gasteiger partial charge in [0, 0.05) is 17.7 Å². The summed E-state index contributed by atoms with van der Waals surface area (Å²) in [6, 6.07) is 8.31. The summed E-state index contributed by atoms with van der Waals surface area (Å²) < 4.78 is 5.46. The molecule has 0 spiro atoms. The topological polar surface area (TPSA) is 63.9 Å². The molecule has 0 saturated carbocycles. The van der Waals surface area contributed by atoms with Gasteiger partial charge in [-0.05, 0) is 35.7 Å². The lowest BCUT2D eigenvalue weighted by molar-refractivity contribution is 0.415. The van der Waals surface area contributed by atoms with Crippen molar-refractivity contribution in [2.45, 2.75) is 32.6 Å². The SMILES string of the molecule is COc1ccc(C(C)(C)C)cc1-c1cc(CCN)[nH]n1. The zero-order valence-corrected chi connectivity index (χ0v) is 12.7. The second-order valence-electron chi connectivity index (χ2n) is 5.98. The largest absolute Gasteiger partial charge is 0.496 e. The summed E-state index contributed by atoms with van der Waals surface area (Å²) in [5.41, 5.74) is 9.89. The number of ether oxygens (including phenoxy) is 1. The van der Waals surface area contributed by atoms with Crippen molar-refractivity contribution in [1.82, 2.24) is 10.2 Å². The highest BCUT2D eigenvalue weighted by atomic mass is 16.5. The molecule has 3 N–H and O–H groups in total. The molecule has 0 aliphatic rings. The number of rotatable bonds is 4. The molecule has 0 atom stereocenters. The van der Waals surface area contributed by atoms with Crippen LogP contribution < -0.4 is 10.5 Å². The molecule has 0 aliphatic carbocycles. The number of nitrogens with two attached hydrogens (primary N) is 1. The first-order valence-corrected chi connectivity index (χ1v) is 6.89. The average molecular weight is 273 g/mol. The maximum atomic E-state index is 5.57. The summed E-state index contributed by atoms with van der Waals surface area (Å²) in [7, 11) is 1.68. The van der Waals surface area contributed by atoms with E-state index in [1.807, 2.05) is 12.1 Å². The lowest BCUT2D eigenvalue weighted by atomic mass is 9.85. The number of benzene rings is 1. The van der Waals surface area contributed by atoms with Crippen molar-refractivity contribution in [3.05, 3.63) is 35.5 Å². The maximum absolute atomic E-state index is 5.57. The summed E-state index contributed by atoms with van der Waals surface area (Å²) in [5, 5.41) is 7.41. The minimum atomic E-state index is 0.0947. The van der Waals surface area contributed by atoms with E-state index in [9.17, 15) is 0 Å². The molecule has 108 valence electrons. The van der Waals surface area contributed by atoms with Gasteiger partial charge in [-0.15, -0.1) is 0 Å². The molecule has 0 amide bonds. The van der Waals surface area contributed by atoms with Gasteiger partial charge in [0.05, 0.1) is 12.8 Å². The number of aromatic amines is 1. The molecule has 2 rings (SSSR count). The van der Waals surface area contributed by atoms with Crippen LogP contribution in [0, 0.1) is 0 Å². The quantitative estimate of drug-likeness (QED) is 0.900. The van der Waals surface area contributed by atoms with Crippen molar-refractivity contribution in [2.24, 2.45) is 5.73 Å². The zero-order valence-electron chi connectivity index (χ0n) is 12.7. The van der Waals surface area contributed by atoms with Crippen LogP contribution in [0.25, 0.3) is 11.3 Å². The summed E-state index contributed by atoms with van der Waals surface area (Å²) >= 11 is 0. The Morgan fingerprint density at radius 2 is 2.00 bits per heavy atom. The standard InChI is InChI=1S/C16H23N3O/c1-16(2,3)11-5-6-15(20-4)13(9-11)14-10-12(7-8-17)18-19-14/h5-6,9-10H,7-8,17H2,1-4H3,(H,18,19). The third-order valence-corrected chi connectivity index (χ3v) is 3.39. The van der Waals surface area contributed by atoms with Crippen LogP contribution in [0.15, 0.2) is 24.3 Å². The second kappa shape index (κ2) is 5.67. The molecule has 0 aliphatic heterocycles. The first-order chi connectivity index (χ1) is 9.45. The fraction of sp³-hybridized carbons (Fsp3) is 0.438. The van der Waals surface area contributed by atoms with E-state index < -0.39 is 0 Å². The average Bonchev–Trinajstić information content (AvgIpc) is 2.86. The van der Waals surface area contributed by atoms with E-state index >= 15 is 0 Å². The van der Waals surface area contributed by atoms with Crippen LogP contribution in [0.2, 0.25) is 0 Å². The number of hydrogen-bond donors (Lipinski definition) is 2. The van der Waals surface area contributed by atoms with Crippen LogP contribution in [0.4, 0.5) is 0 Å². The highest BCUT2D eigenvalue weighted by Gasteiger charge is 2.17. The van der Waals surface area contributed by atoms with Gasteiger partial charge in [-0.1, -0.05) is 26.8 Å². The minimum Gasteiger partial charge on any atom is -0.496 e. The van der Waals surface area contributed by atoms with E-state index in [4.69, 9.17) is 10.5 Å². The van der Waals surface area contributed by atoms with Gasteiger partial charge in [0.2, 0.25) is 0 Å². The smallest absolute Gasteiger partial charge is 0.128 e. The molecular weight excluding hydrogens is 250 g/mol. The fourth-order valence-corrected chi connectivity index (χ4v) is 2.16. The summed E-state index contributed by atoms with van der Waals surface area (Å²) in [6.07, 6.45) is 0.800. The number of nitrogens with one attached hydrogen (secondary N) is 1. The van der Waals surface area contributed by atoms with Crippen LogP contribution >= 0.6 is 0 Å². The third-order valence-electron chi connectivity index (χ3n) is 3.39. The number of nitrogens with zero attached hydrogens (tertiary/aromatic N) is 1. The predicted molar refractivity (Wildman–Crippen MR) is 82.0 cm³/mol. The van der Waals surface area contributed by atoms with Gasteiger partial charge in [0.1, 0.15) is 5.75 Å². The van der Waals surface area contributed by atoms with Gasteiger partial charge in [0.25, 0.3) is 0 Å². The summed E-state index contributed by atoms with van der Waals surface area (Å²) in [4.78, 5) is 0. The van der Waals surface area contributed by atoms with E-state index in [1.54, 1.807) is 7.11 Å². The van der Waals surface area contributed by atoms with E-state index in [1.165, 1.54) is 5.56 Å². The molecule has 1 heterocycles.